The molecule has 1 N–H and O–H groups in total. The second-order valence-corrected chi connectivity index (χ2v) is 4.51. The fourth-order valence-electron chi connectivity index (χ4n) is 2.49. The maximum Gasteiger partial charge on any atom is 0.338 e. The summed E-state index contributed by atoms with van der Waals surface area (Å²) >= 11 is 0. The minimum Gasteiger partial charge on any atom is -0.508 e. The predicted molar refractivity (Wildman–Crippen MR) is 72.9 cm³/mol. The largest absolute Gasteiger partial charge is 0.508 e. The van der Waals surface area contributed by atoms with Crippen molar-refractivity contribution in [3.05, 3.63) is 53.1 Å². The van der Waals surface area contributed by atoms with Gasteiger partial charge in [0.2, 0.25) is 0 Å². The molecule has 0 aliphatic heterocycles. The molecule has 2 aromatic rings. The topological polar surface area (TPSA) is 63.6 Å². The molecule has 2 aromatic carbocycles. The average Bonchev–Trinajstić information content (AvgIpc) is 2.72. The first-order valence-electron chi connectivity index (χ1n) is 6.31. The Morgan fingerprint density at radius 2 is 1.95 bits per heavy atom. The molecule has 0 bridgehead atoms. The number of fused-ring (bicyclic) bond motifs is 3. The van der Waals surface area contributed by atoms with Crippen LogP contribution in [-0.2, 0) is 4.74 Å². The molecular formula is C16H12O4. The van der Waals surface area contributed by atoms with Crippen LogP contribution in [0.15, 0.2) is 36.4 Å². The smallest absolute Gasteiger partial charge is 0.338 e. The van der Waals surface area contributed by atoms with Crippen LogP contribution in [0.2, 0.25) is 0 Å². The first kappa shape index (κ1) is 12.4. The molecule has 100 valence electrons. The molecule has 4 nitrogen and oxygen atoms in total. The van der Waals surface area contributed by atoms with E-state index in [-0.39, 0.29) is 23.7 Å². The summed E-state index contributed by atoms with van der Waals surface area (Å²) in [5.74, 6) is -0.626. The van der Waals surface area contributed by atoms with Gasteiger partial charge in [0.25, 0.3) is 0 Å². The minimum absolute atomic E-state index is 0.0888. The number of carbonyl (C=O) groups is 2. The fourth-order valence-corrected chi connectivity index (χ4v) is 2.49. The molecule has 0 radical (unpaired) electrons. The number of ether oxygens (including phenoxy) is 1. The van der Waals surface area contributed by atoms with E-state index < -0.39 is 5.97 Å². The third-order valence-electron chi connectivity index (χ3n) is 3.32. The van der Waals surface area contributed by atoms with Crippen molar-refractivity contribution in [2.24, 2.45) is 0 Å². The van der Waals surface area contributed by atoms with Gasteiger partial charge >= 0.3 is 5.97 Å². The molecular weight excluding hydrogens is 256 g/mol. The van der Waals surface area contributed by atoms with Gasteiger partial charge in [-0.15, -0.1) is 0 Å². The second-order valence-electron chi connectivity index (χ2n) is 4.51. The molecule has 0 saturated carbocycles. The van der Waals surface area contributed by atoms with Crippen LogP contribution in [0.4, 0.5) is 0 Å². The van der Waals surface area contributed by atoms with Gasteiger partial charge in [-0.2, -0.15) is 0 Å². The number of hydrogen-bond donors (Lipinski definition) is 1. The van der Waals surface area contributed by atoms with Gasteiger partial charge in [-0.05, 0) is 42.3 Å². The quantitative estimate of drug-likeness (QED) is 0.726. The number of benzene rings is 2. The van der Waals surface area contributed by atoms with Gasteiger partial charge in [-0.25, -0.2) is 4.79 Å². The number of phenols is 1. The van der Waals surface area contributed by atoms with Crippen molar-refractivity contribution in [1.82, 2.24) is 0 Å². The van der Waals surface area contributed by atoms with E-state index in [0.717, 1.165) is 0 Å². The Morgan fingerprint density at radius 3 is 2.70 bits per heavy atom. The molecule has 0 saturated heterocycles. The highest BCUT2D eigenvalue weighted by Gasteiger charge is 2.31. The Morgan fingerprint density at radius 1 is 1.15 bits per heavy atom. The zero-order valence-electron chi connectivity index (χ0n) is 10.8. The predicted octanol–water partition coefficient (Wildman–Crippen LogP) is 2.78. The number of esters is 1. The third-order valence-corrected chi connectivity index (χ3v) is 3.32. The van der Waals surface area contributed by atoms with E-state index in [1.165, 1.54) is 12.1 Å². The van der Waals surface area contributed by atoms with Crippen molar-refractivity contribution in [1.29, 1.82) is 0 Å². The summed E-state index contributed by atoms with van der Waals surface area (Å²) in [5.41, 5.74) is 2.42. The molecule has 4 heteroatoms. The molecule has 0 atom stereocenters. The number of aromatic hydroxyl groups is 1. The van der Waals surface area contributed by atoms with E-state index in [0.29, 0.717) is 22.3 Å². The first-order valence-corrected chi connectivity index (χ1v) is 6.31. The van der Waals surface area contributed by atoms with Crippen LogP contribution in [0, 0.1) is 0 Å². The zero-order valence-corrected chi connectivity index (χ0v) is 10.8. The molecule has 0 aromatic heterocycles. The van der Waals surface area contributed by atoms with Crippen molar-refractivity contribution in [3.63, 3.8) is 0 Å². The lowest BCUT2D eigenvalue weighted by molar-refractivity contribution is 0.0523. The molecule has 0 fully saturated rings. The average molecular weight is 268 g/mol. The number of rotatable bonds is 2. The first-order chi connectivity index (χ1) is 9.63. The van der Waals surface area contributed by atoms with Crippen LogP contribution >= 0.6 is 0 Å². The number of ketones is 1. The van der Waals surface area contributed by atoms with E-state index in [4.69, 9.17) is 4.74 Å². The van der Waals surface area contributed by atoms with Gasteiger partial charge in [-0.3, -0.25) is 4.79 Å². The Bertz CT molecular complexity index is 731. The Balaban J connectivity index is 2.22. The maximum atomic E-state index is 12.4. The van der Waals surface area contributed by atoms with Crippen LogP contribution in [0.25, 0.3) is 11.1 Å². The highest BCUT2D eigenvalue weighted by atomic mass is 16.5. The summed E-state index contributed by atoms with van der Waals surface area (Å²) in [6.45, 7) is 1.97. The molecule has 1 aliphatic carbocycles. The van der Waals surface area contributed by atoms with Crippen LogP contribution in [0.5, 0.6) is 5.75 Å². The van der Waals surface area contributed by atoms with E-state index in [1.807, 2.05) is 0 Å². The lowest BCUT2D eigenvalue weighted by Crippen LogP contribution is -2.10. The highest BCUT2D eigenvalue weighted by molar-refractivity contribution is 6.25. The summed E-state index contributed by atoms with van der Waals surface area (Å²) in [4.78, 5) is 24.4. The zero-order chi connectivity index (χ0) is 14.3. The van der Waals surface area contributed by atoms with Gasteiger partial charge in [-0.1, -0.05) is 12.1 Å². The van der Waals surface area contributed by atoms with Crippen molar-refractivity contribution < 1.29 is 19.4 Å². The number of hydrogen-bond acceptors (Lipinski definition) is 4. The maximum absolute atomic E-state index is 12.4. The van der Waals surface area contributed by atoms with E-state index in [9.17, 15) is 14.7 Å². The molecule has 0 heterocycles. The molecule has 0 unspecified atom stereocenters. The highest BCUT2D eigenvalue weighted by Crippen LogP contribution is 2.39. The van der Waals surface area contributed by atoms with Gasteiger partial charge < -0.3 is 9.84 Å². The summed E-state index contributed by atoms with van der Waals surface area (Å²) in [6, 6.07) is 9.63. The minimum atomic E-state index is -0.505. The van der Waals surface area contributed by atoms with Crippen molar-refractivity contribution in [3.8, 4) is 16.9 Å². The van der Waals surface area contributed by atoms with Crippen LogP contribution in [-0.4, -0.2) is 23.5 Å². The summed E-state index contributed by atoms with van der Waals surface area (Å²) < 4.78 is 4.98. The lowest BCUT2D eigenvalue weighted by Gasteiger charge is -2.06. The van der Waals surface area contributed by atoms with Gasteiger partial charge in [0, 0.05) is 11.1 Å². The van der Waals surface area contributed by atoms with Crippen LogP contribution in [0.3, 0.4) is 0 Å². The Kier molecular flexibility index (Phi) is 2.79. The molecule has 0 amide bonds. The van der Waals surface area contributed by atoms with E-state index >= 15 is 0 Å². The van der Waals surface area contributed by atoms with Crippen molar-refractivity contribution >= 4 is 11.8 Å². The molecule has 1 aliphatic rings. The van der Waals surface area contributed by atoms with Gasteiger partial charge in [0.1, 0.15) is 5.75 Å². The van der Waals surface area contributed by atoms with Gasteiger partial charge in [0.05, 0.1) is 12.2 Å². The van der Waals surface area contributed by atoms with Crippen LogP contribution in [0.1, 0.15) is 33.2 Å². The van der Waals surface area contributed by atoms with Gasteiger partial charge in [0.15, 0.2) is 5.78 Å². The molecule has 0 spiro atoms. The SMILES string of the molecule is CCOC(=O)c1cccc2c1C(=O)c1ccc(O)cc1-2. The van der Waals surface area contributed by atoms with Crippen molar-refractivity contribution in [2.75, 3.05) is 6.61 Å². The Hall–Kier alpha value is -2.62. The lowest BCUT2D eigenvalue weighted by atomic mass is 10.0. The standard InChI is InChI=1S/C16H12O4/c1-2-20-16(19)12-5-3-4-10-13-8-9(17)6-7-11(13)15(18)14(10)12/h3-8,17H,2H2,1H3. The van der Waals surface area contributed by atoms with Crippen LogP contribution < -0.4 is 0 Å². The summed E-state index contributed by atoms with van der Waals surface area (Å²) in [5, 5.41) is 9.57. The number of phenolic OH excluding ortho intramolecular Hbond substituents is 1. The summed E-state index contributed by atoms with van der Waals surface area (Å²) in [7, 11) is 0. The van der Waals surface area contributed by atoms with Crippen molar-refractivity contribution in [2.45, 2.75) is 6.92 Å². The Labute approximate surface area is 115 Å². The monoisotopic (exact) mass is 268 g/mol. The van der Waals surface area contributed by atoms with E-state index in [1.54, 1.807) is 31.2 Å². The second kappa shape index (κ2) is 4.49. The molecule has 3 rings (SSSR count). The summed E-state index contributed by atoms with van der Waals surface area (Å²) in [6.07, 6.45) is 0. The fraction of sp³-hybridized carbons (Fsp3) is 0.125. The third kappa shape index (κ3) is 1.69. The molecule has 20 heavy (non-hydrogen) atoms. The van der Waals surface area contributed by atoms with E-state index in [2.05, 4.69) is 0 Å². The number of carbonyl (C=O) groups excluding carboxylic acids is 2. The normalized spacial score (nSPS) is 11.9.